The summed E-state index contributed by atoms with van der Waals surface area (Å²) in [6.45, 7) is 6.77. The minimum Gasteiger partial charge on any atom is -0.497 e. The molecule has 248 valence electrons. The first-order chi connectivity index (χ1) is 23.2. The van der Waals surface area contributed by atoms with Crippen molar-refractivity contribution in [3.63, 3.8) is 0 Å². The third-order valence-electron chi connectivity index (χ3n) is 10.5. The lowest BCUT2D eigenvalue weighted by molar-refractivity contribution is 0.396. The number of H-pyrrole nitrogens is 1. The molecule has 3 unspecified atom stereocenters. The van der Waals surface area contributed by atoms with E-state index >= 15 is 0 Å². The molecule has 48 heavy (non-hydrogen) atoms. The van der Waals surface area contributed by atoms with Crippen molar-refractivity contribution in [1.29, 1.82) is 0 Å². The SMILES string of the molecule is COc1ccc(C2C(c3[nH]c4cc(OC)cc(OC)c4c3C)C(C)(c3ccc(OC)cc3)c3c(C)c4c(OC)cc(OC)cc4n32)cc1. The van der Waals surface area contributed by atoms with Crippen LogP contribution < -0.4 is 28.4 Å². The molecule has 0 aliphatic carbocycles. The standard InChI is InChI=1S/C40H42N2O6/c1-22-34-30(18-28(45-6)20-32(34)47-8)41-37(22)36-38(24-10-14-26(43-4)15-11-24)42-31-19-29(46-7)21-33(48-9)35(31)23(2)39(42)40(36,3)25-12-16-27(44-5)17-13-25/h10-21,36,38,41H,1-9H3. The quantitative estimate of drug-likeness (QED) is 0.170. The topological polar surface area (TPSA) is 76.1 Å². The van der Waals surface area contributed by atoms with E-state index in [1.165, 1.54) is 11.3 Å². The van der Waals surface area contributed by atoms with Crippen molar-refractivity contribution in [2.45, 2.75) is 38.1 Å². The molecule has 7 rings (SSSR count). The van der Waals surface area contributed by atoms with Crippen LogP contribution in [0.3, 0.4) is 0 Å². The Kier molecular flexibility index (Phi) is 7.69. The van der Waals surface area contributed by atoms with Gasteiger partial charge in [-0.15, -0.1) is 0 Å². The van der Waals surface area contributed by atoms with Gasteiger partial charge in [-0.3, -0.25) is 0 Å². The number of nitrogens with one attached hydrogen (secondary N) is 1. The average Bonchev–Trinajstić information content (AvgIpc) is 3.72. The summed E-state index contributed by atoms with van der Waals surface area (Å²) in [6, 6.07) is 24.9. The van der Waals surface area contributed by atoms with E-state index in [4.69, 9.17) is 28.4 Å². The van der Waals surface area contributed by atoms with Gasteiger partial charge in [0.2, 0.25) is 0 Å². The van der Waals surface area contributed by atoms with Crippen LogP contribution in [-0.4, -0.2) is 52.2 Å². The van der Waals surface area contributed by atoms with Gasteiger partial charge < -0.3 is 38.0 Å². The predicted octanol–water partition coefficient (Wildman–Crippen LogP) is 8.48. The molecule has 0 saturated heterocycles. The molecule has 1 aliphatic heterocycles. The number of fused-ring (bicyclic) bond motifs is 4. The van der Waals surface area contributed by atoms with E-state index in [0.717, 1.165) is 78.7 Å². The van der Waals surface area contributed by atoms with E-state index in [0.29, 0.717) is 0 Å². The fraction of sp³-hybridized carbons (Fsp3) is 0.300. The number of benzene rings is 4. The zero-order chi connectivity index (χ0) is 33.9. The van der Waals surface area contributed by atoms with Crippen LogP contribution >= 0.6 is 0 Å². The number of aryl methyl sites for hydroxylation is 2. The summed E-state index contributed by atoms with van der Waals surface area (Å²) in [5, 5.41) is 2.12. The molecule has 3 atom stereocenters. The molecule has 0 fully saturated rings. The number of hydrogen-bond donors (Lipinski definition) is 1. The number of aromatic amines is 1. The van der Waals surface area contributed by atoms with E-state index in [-0.39, 0.29) is 12.0 Å². The Morgan fingerprint density at radius 3 is 1.71 bits per heavy atom. The van der Waals surface area contributed by atoms with Crippen LogP contribution in [0.4, 0.5) is 0 Å². The number of methoxy groups -OCH3 is 6. The first-order valence-corrected chi connectivity index (χ1v) is 16.0. The van der Waals surface area contributed by atoms with E-state index in [2.05, 4.69) is 72.8 Å². The molecule has 1 N–H and O–H groups in total. The van der Waals surface area contributed by atoms with Crippen molar-refractivity contribution in [2.24, 2.45) is 0 Å². The van der Waals surface area contributed by atoms with Gasteiger partial charge in [-0.25, -0.2) is 0 Å². The van der Waals surface area contributed by atoms with Crippen molar-refractivity contribution in [3.05, 3.63) is 106 Å². The largest absolute Gasteiger partial charge is 0.497 e. The van der Waals surface area contributed by atoms with Gasteiger partial charge in [0, 0.05) is 57.8 Å². The lowest BCUT2D eigenvalue weighted by atomic mass is 9.66. The summed E-state index contributed by atoms with van der Waals surface area (Å²) in [6.07, 6.45) is 0. The van der Waals surface area contributed by atoms with Crippen LogP contribution in [0.15, 0.2) is 72.8 Å². The molecular weight excluding hydrogens is 604 g/mol. The molecule has 0 radical (unpaired) electrons. The minimum atomic E-state index is -0.527. The van der Waals surface area contributed by atoms with E-state index < -0.39 is 5.41 Å². The van der Waals surface area contributed by atoms with Crippen LogP contribution in [0.1, 0.15) is 52.5 Å². The lowest BCUT2D eigenvalue weighted by Crippen LogP contribution is -2.31. The van der Waals surface area contributed by atoms with E-state index in [1.54, 1.807) is 42.7 Å². The van der Waals surface area contributed by atoms with Gasteiger partial charge in [0.1, 0.15) is 34.5 Å². The second-order valence-corrected chi connectivity index (χ2v) is 12.6. The van der Waals surface area contributed by atoms with Gasteiger partial charge in [0.05, 0.1) is 59.7 Å². The third kappa shape index (κ3) is 4.42. The Bertz CT molecular complexity index is 2140. The van der Waals surface area contributed by atoms with Crippen LogP contribution in [0.2, 0.25) is 0 Å². The third-order valence-corrected chi connectivity index (χ3v) is 10.5. The first kappa shape index (κ1) is 31.4. The van der Waals surface area contributed by atoms with Crippen LogP contribution in [0.5, 0.6) is 34.5 Å². The normalized spacial score (nSPS) is 18.6. The summed E-state index contributed by atoms with van der Waals surface area (Å²) >= 11 is 0. The summed E-state index contributed by atoms with van der Waals surface area (Å²) < 4.78 is 37.2. The second-order valence-electron chi connectivity index (χ2n) is 12.6. The van der Waals surface area contributed by atoms with E-state index in [1.807, 2.05) is 30.3 Å². The van der Waals surface area contributed by atoms with Gasteiger partial charge in [-0.2, -0.15) is 0 Å². The van der Waals surface area contributed by atoms with E-state index in [9.17, 15) is 0 Å². The smallest absolute Gasteiger partial charge is 0.132 e. The van der Waals surface area contributed by atoms with Crippen molar-refractivity contribution in [1.82, 2.24) is 9.55 Å². The average molecular weight is 647 g/mol. The molecule has 0 saturated carbocycles. The molecule has 2 aromatic heterocycles. The van der Waals surface area contributed by atoms with Crippen molar-refractivity contribution < 1.29 is 28.4 Å². The number of ether oxygens (including phenoxy) is 6. The molecule has 0 amide bonds. The Morgan fingerprint density at radius 2 is 1.15 bits per heavy atom. The van der Waals surface area contributed by atoms with Crippen LogP contribution in [-0.2, 0) is 5.41 Å². The maximum atomic E-state index is 6.02. The predicted molar refractivity (Wildman–Crippen MR) is 189 cm³/mol. The Labute approximate surface area is 281 Å². The lowest BCUT2D eigenvalue weighted by Gasteiger charge is -2.35. The first-order valence-electron chi connectivity index (χ1n) is 16.0. The molecule has 0 bridgehead atoms. The van der Waals surface area contributed by atoms with Gasteiger partial charge in [-0.05, 0) is 67.3 Å². The Morgan fingerprint density at radius 1 is 0.604 bits per heavy atom. The Balaban J connectivity index is 1.64. The molecule has 0 spiro atoms. The fourth-order valence-electron chi connectivity index (χ4n) is 8.26. The highest BCUT2D eigenvalue weighted by molar-refractivity contribution is 5.95. The maximum absolute atomic E-state index is 6.02. The van der Waals surface area contributed by atoms with Crippen molar-refractivity contribution in [3.8, 4) is 34.5 Å². The van der Waals surface area contributed by atoms with Crippen molar-refractivity contribution >= 4 is 21.8 Å². The highest BCUT2D eigenvalue weighted by Gasteiger charge is 2.55. The number of aromatic nitrogens is 2. The molecule has 1 aliphatic rings. The van der Waals surface area contributed by atoms with Gasteiger partial charge >= 0.3 is 0 Å². The number of rotatable bonds is 9. The van der Waals surface area contributed by atoms with Crippen LogP contribution in [0, 0.1) is 13.8 Å². The summed E-state index contributed by atoms with van der Waals surface area (Å²) in [7, 11) is 10.2. The molecule has 3 heterocycles. The zero-order valence-corrected chi connectivity index (χ0v) is 29.0. The molecule has 6 aromatic rings. The van der Waals surface area contributed by atoms with Crippen molar-refractivity contribution in [2.75, 3.05) is 42.7 Å². The summed E-state index contributed by atoms with van der Waals surface area (Å²) in [4.78, 5) is 3.89. The number of hydrogen-bond acceptors (Lipinski definition) is 6. The maximum Gasteiger partial charge on any atom is 0.132 e. The molecule has 8 nitrogen and oxygen atoms in total. The molecule has 8 heteroatoms. The van der Waals surface area contributed by atoms with Gasteiger partial charge in [0.15, 0.2) is 0 Å². The zero-order valence-electron chi connectivity index (χ0n) is 29.0. The molecule has 4 aromatic carbocycles. The van der Waals surface area contributed by atoms with Crippen LogP contribution in [0.25, 0.3) is 21.8 Å². The Hall–Kier alpha value is -5.24. The number of nitrogens with zero attached hydrogens (tertiary/aromatic N) is 1. The monoisotopic (exact) mass is 646 g/mol. The summed E-state index contributed by atoms with van der Waals surface area (Å²) in [5.41, 5.74) is 8.45. The van der Waals surface area contributed by atoms with Gasteiger partial charge in [-0.1, -0.05) is 24.3 Å². The summed E-state index contributed by atoms with van der Waals surface area (Å²) in [5.74, 6) is 4.55. The van der Waals surface area contributed by atoms with Gasteiger partial charge in [0.25, 0.3) is 0 Å². The highest BCUT2D eigenvalue weighted by atomic mass is 16.5. The fourth-order valence-corrected chi connectivity index (χ4v) is 8.26. The minimum absolute atomic E-state index is 0.0855. The molecular formula is C40H42N2O6. The second kappa shape index (κ2) is 11.8. The highest BCUT2D eigenvalue weighted by Crippen LogP contribution is 2.62.